The Balaban J connectivity index is 1.16. The van der Waals surface area contributed by atoms with Crippen molar-refractivity contribution in [2.75, 3.05) is 50.1 Å². The molecule has 3 aromatic rings. The highest BCUT2D eigenvalue weighted by molar-refractivity contribution is 7.90. The van der Waals surface area contributed by atoms with Gasteiger partial charge >= 0.3 is 6.18 Å². The minimum Gasteiger partial charge on any atom is -0.477 e. The summed E-state index contributed by atoms with van der Waals surface area (Å²) < 4.78 is 94.4. The molecule has 1 aromatic heterocycles. The summed E-state index contributed by atoms with van der Waals surface area (Å²) in [4.78, 5) is 13.3. The van der Waals surface area contributed by atoms with Crippen LogP contribution < -0.4 is 20.1 Å². The Bertz CT molecular complexity index is 2010. The summed E-state index contributed by atoms with van der Waals surface area (Å²) in [6, 6.07) is 9.44. The van der Waals surface area contributed by atoms with E-state index in [1.165, 1.54) is 11.3 Å². The number of nitriles is 1. The molecule has 2 saturated heterocycles. The molecule has 2 aromatic carbocycles. The van der Waals surface area contributed by atoms with Crippen LogP contribution in [-0.4, -0.2) is 76.9 Å². The highest BCUT2D eigenvalue weighted by atomic mass is 32.2. The summed E-state index contributed by atoms with van der Waals surface area (Å²) in [5.41, 5.74) is 1.22. The number of carbonyl (C=O) groups is 1. The molecule has 1 spiro atoms. The number of thiophene rings is 1. The van der Waals surface area contributed by atoms with Crippen molar-refractivity contribution in [1.82, 2.24) is 9.62 Å². The van der Waals surface area contributed by atoms with Gasteiger partial charge in [0.1, 0.15) is 22.5 Å². The van der Waals surface area contributed by atoms with E-state index in [0.717, 1.165) is 89.6 Å². The van der Waals surface area contributed by atoms with Crippen LogP contribution in [0.15, 0.2) is 35.2 Å². The molecule has 16 heteroatoms. The summed E-state index contributed by atoms with van der Waals surface area (Å²) in [6.45, 7) is 4.25. The molecular weight excluding hydrogens is 723 g/mol. The third-order valence-electron chi connectivity index (χ3n) is 9.86. The predicted molar refractivity (Wildman–Crippen MR) is 189 cm³/mol. The first kappa shape index (κ1) is 37.7. The van der Waals surface area contributed by atoms with Crippen LogP contribution in [0.25, 0.3) is 10.1 Å². The van der Waals surface area contributed by atoms with E-state index in [4.69, 9.17) is 14.7 Å². The van der Waals surface area contributed by atoms with E-state index >= 15 is 0 Å². The zero-order valence-corrected chi connectivity index (χ0v) is 30.1. The first-order chi connectivity index (χ1) is 24.8. The number of carbonyl (C=O) groups excluding carboxylic acids is 1. The fourth-order valence-electron chi connectivity index (χ4n) is 7.38. The molecule has 1 amide bonds. The third kappa shape index (κ3) is 8.74. The molecule has 3 aliphatic rings. The zero-order valence-electron chi connectivity index (χ0n) is 28.5. The van der Waals surface area contributed by atoms with Crippen molar-refractivity contribution in [1.29, 1.82) is 5.26 Å². The SMILES string of the molecule is CC(=O)NS(=O)(=O)c1cc(OCC#N)c(NCC#Cc2sc3c(NC4CCC(N5CC6(CCOCC6)C5)CC4)cccc3c2CC(F)(F)F)cc1F. The van der Waals surface area contributed by atoms with Gasteiger partial charge in [-0.3, -0.25) is 9.69 Å². The molecular formula is C36H39F4N5O5S2. The van der Waals surface area contributed by atoms with Gasteiger partial charge in [0, 0.05) is 62.9 Å². The number of nitrogens with one attached hydrogen (secondary N) is 3. The number of sulfonamides is 1. The normalized spacial score (nSPS) is 20.3. The van der Waals surface area contributed by atoms with Crippen LogP contribution in [0, 0.1) is 34.4 Å². The predicted octanol–water partition coefficient (Wildman–Crippen LogP) is 6.17. The maximum absolute atomic E-state index is 14.9. The average Bonchev–Trinajstić information content (AvgIpc) is 3.41. The minimum absolute atomic E-state index is 0.0471. The standard InChI is InChI=1S/C36H39F4N5O5S2/c1-23(46)44-52(47,48)33-19-31(50-17-13-41)30(18-28(33)37)42-14-3-6-32-27(20-36(38,39)40)26-4-2-5-29(34(26)51-32)43-24-7-9-25(10-8-24)45-21-35(22-45)11-15-49-16-12-35/h2,4-5,18-19,24-25,42-43H,7-12,14-17,20-22H2,1H3,(H,44,46). The van der Waals surface area contributed by atoms with E-state index in [9.17, 15) is 30.8 Å². The van der Waals surface area contributed by atoms with E-state index < -0.39 is 45.8 Å². The van der Waals surface area contributed by atoms with Gasteiger partial charge in [0.2, 0.25) is 5.91 Å². The molecule has 52 heavy (non-hydrogen) atoms. The number of hydrogen-bond acceptors (Lipinski definition) is 10. The summed E-state index contributed by atoms with van der Waals surface area (Å²) in [6.07, 6.45) is 0.685. The number of nitrogens with zero attached hydrogens (tertiary/aromatic N) is 2. The number of anilines is 2. The van der Waals surface area contributed by atoms with E-state index in [0.29, 0.717) is 21.5 Å². The average molecular weight is 762 g/mol. The third-order valence-corrected chi connectivity index (χ3v) is 12.5. The van der Waals surface area contributed by atoms with Crippen molar-refractivity contribution >= 4 is 48.7 Å². The molecule has 0 radical (unpaired) electrons. The van der Waals surface area contributed by atoms with E-state index in [2.05, 4.69) is 27.4 Å². The molecule has 1 aliphatic carbocycles. The van der Waals surface area contributed by atoms with Gasteiger partial charge in [0.05, 0.1) is 33.9 Å². The van der Waals surface area contributed by atoms with Gasteiger partial charge in [0.15, 0.2) is 6.61 Å². The summed E-state index contributed by atoms with van der Waals surface area (Å²) in [5, 5.41) is 15.8. The van der Waals surface area contributed by atoms with Crippen LogP contribution in [0.3, 0.4) is 0 Å². The number of benzene rings is 2. The Morgan fingerprint density at radius 3 is 2.54 bits per heavy atom. The van der Waals surface area contributed by atoms with Gasteiger partial charge in [-0.15, -0.1) is 11.3 Å². The van der Waals surface area contributed by atoms with Gasteiger partial charge in [0.25, 0.3) is 10.0 Å². The van der Waals surface area contributed by atoms with Gasteiger partial charge < -0.3 is 20.1 Å². The molecule has 10 nitrogen and oxygen atoms in total. The van der Waals surface area contributed by atoms with Crippen molar-refractivity contribution in [2.45, 2.75) is 75.0 Å². The van der Waals surface area contributed by atoms with Crippen LogP contribution in [0.5, 0.6) is 5.75 Å². The lowest BCUT2D eigenvalue weighted by molar-refractivity contribution is -0.127. The van der Waals surface area contributed by atoms with Gasteiger partial charge in [-0.05, 0) is 55.5 Å². The Kier molecular flexibility index (Phi) is 11.2. The lowest BCUT2D eigenvalue weighted by Gasteiger charge is -2.56. The van der Waals surface area contributed by atoms with Crippen molar-refractivity contribution in [3.05, 3.63) is 46.6 Å². The number of fused-ring (bicyclic) bond motifs is 1. The zero-order chi connectivity index (χ0) is 37.1. The van der Waals surface area contributed by atoms with Gasteiger partial charge in [-0.2, -0.15) is 18.4 Å². The summed E-state index contributed by atoms with van der Waals surface area (Å²) in [5.74, 6) is 3.30. The fourth-order valence-corrected chi connectivity index (χ4v) is 9.61. The van der Waals surface area contributed by atoms with E-state index in [-0.39, 0.29) is 34.5 Å². The Morgan fingerprint density at radius 1 is 1.13 bits per heavy atom. The molecule has 6 rings (SSSR count). The summed E-state index contributed by atoms with van der Waals surface area (Å²) in [7, 11) is -4.57. The van der Waals surface area contributed by atoms with Crippen LogP contribution in [0.4, 0.5) is 28.9 Å². The smallest absolute Gasteiger partial charge is 0.393 e. The lowest BCUT2D eigenvalue weighted by Crippen LogP contribution is -2.62. The number of ether oxygens (including phenoxy) is 2. The van der Waals surface area contributed by atoms with Crippen LogP contribution in [-0.2, 0) is 26.0 Å². The van der Waals surface area contributed by atoms with Crippen molar-refractivity contribution < 1.29 is 40.2 Å². The van der Waals surface area contributed by atoms with Crippen LogP contribution in [0.2, 0.25) is 0 Å². The molecule has 0 unspecified atom stereocenters. The first-order valence-corrected chi connectivity index (χ1v) is 19.3. The number of rotatable bonds is 10. The maximum atomic E-state index is 14.9. The molecule has 3 heterocycles. The molecule has 3 N–H and O–H groups in total. The largest absolute Gasteiger partial charge is 0.477 e. The second-order valence-electron chi connectivity index (χ2n) is 13.6. The van der Waals surface area contributed by atoms with Gasteiger partial charge in [-0.1, -0.05) is 24.0 Å². The van der Waals surface area contributed by atoms with E-state index in [1.54, 1.807) is 22.9 Å². The van der Waals surface area contributed by atoms with E-state index in [1.807, 2.05) is 6.07 Å². The Hall–Kier alpha value is -4.09. The summed E-state index contributed by atoms with van der Waals surface area (Å²) >= 11 is 1.18. The Labute approximate surface area is 303 Å². The van der Waals surface area contributed by atoms with Crippen molar-refractivity contribution in [2.24, 2.45) is 5.41 Å². The highest BCUT2D eigenvalue weighted by Crippen LogP contribution is 2.44. The molecule has 1 saturated carbocycles. The second kappa shape index (κ2) is 15.5. The number of likely N-dealkylation sites (tertiary alicyclic amines) is 1. The van der Waals surface area contributed by atoms with Crippen molar-refractivity contribution in [3.8, 4) is 23.7 Å². The fraction of sp³-hybridized carbons (Fsp3) is 0.500. The quantitative estimate of drug-likeness (QED) is 0.164. The number of hydrogen-bond donors (Lipinski definition) is 3. The minimum atomic E-state index is -4.57. The highest BCUT2D eigenvalue weighted by Gasteiger charge is 2.46. The Morgan fingerprint density at radius 2 is 1.87 bits per heavy atom. The lowest BCUT2D eigenvalue weighted by atomic mass is 9.71. The molecule has 278 valence electrons. The monoisotopic (exact) mass is 761 g/mol. The topological polar surface area (TPSA) is 133 Å². The maximum Gasteiger partial charge on any atom is 0.393 e. The van der Waals surface area contributed by atoms with Crippen LogP contribution >= 0.6 is 11.3 Å². The molecule has 0 atom stereocenters. The molecule has 2 aliphatic heterocycles. The van der Waals surface area contributed by atoms with Gasteiger partial charge in [-0.25, -0.2) is 17.5 Å². The number of alkyl halides is 3. The first-order valence-electron chi connectivity index (χ1n) is 17.0. The number of halogens is 4. The van der Waals surface area contributed by atoms with Crippen molar-refractivity contribution in [3.63, 3.8) is 0 Å². The van der Waals surface area contributed by atoms with Crippen LogP contribution in [0.1, 0.15) is 55.9 Å². The molecule has 0 bridgehead atoms. The second-order valence-corrected chi connectivity index (χ2v) is 16.3. The number of amides is 1. The molecule has 3 fully saturated rings.